The Kier molecular flexibility index (Phi) is 4.26. The molecule has 0 atom stereocenters. The van der Waals surface area contributed by atoms with E-state index < -0.39 is 19.1 Å². The summed E-state index contributed by atoms with van der Waals surface area (Å²) in [5, 5.41) is 11.2. The molecule has 0 aromatic rings. The van der Waals surface area contributed by atoms with Crippen LogP contribution in [0.2, 0.25) is 0 Å². The monoisotopic (exact) mass is 221 g/mol. The van der Waals surface area contributed by atoms with Crippen LogP contribution in [0.25, 0.3) is 0 Å². The molecule has 0 heterocycles. The molecule has 88 valence electrons. The Morgan fingerprint density at radius 1 is 1.47 bits per heavy atom. The van der Waals surface area contributed by atoms with Gasteiger partial charge in [-0.15, -0.1) is 0 Å². The third-order valence-electron chi connectivity index (χ3n) is 2.42. The number of hydrogen-bond donors (Lipinski definition) is 3. The molecule has 1 fully saturated rings. The lowest BCUT2D eigenvalue weighted by Gasteiger charge is -2.14. The van der Waals surface area contributed by atoms with E-state index in [4.69, 9.17) is 10.8 Å². The molecular formula is C9H17F2N3O. The van der Waals surface area contributed by atoms with Crippen LogP contribution in [0.15, 0.2) is 4.99 Å². The molecular weight excluding hydrogens is 204 g/mol. The van der Waals surface area contributed by atoms with Crippen LogP contribution in [0.1, 0.15) is 25.7 Å². The number of rotatable bonds is 4. The van der Waals surface area contributed by atoms with Crippen LogP contribution in [0.5, 0.6) is 0 Å². The summed E-state index contributed by atoms with van der Waals surface area (Å²) in [7, 11) is 0. The third kappa shape index (κ3) is 4.42. The van der Waals surface area contributed by atoms with Crippen molar-refractivity contribution in [3.8, 4) is 0 Å². The molecule has 15 heavy (non-hydrogen) atoms. The topological polar surface area (TPSA) is 70.6 Å². The van der Waals surface area contributed by atoms with Gasteiger partial charge in [0.2, 0.25) is 0 Å². The molecule has 0 radical (unpaired) electrons. The van der Waals surface area contributed by atoms with E-state index in [0.717, 1.165) is 25.7 Å². The van der Waals surface area contributed by atoms with Crippen molar-refractivity contribution in [1.82, 2.24) is 5.32 Å². The van der Waals surface area contributed by atoms with Crippen molar-refractivity contribution in [2.24, 2.45) is 10.7 Å². The molecule has 1 aliphatic carbocycles. The zero-order chi connectivity index (χ0) is 11.3. The summed E-state index contributed by atoms with van der Waals surface area (Å²) in [6.07, 6.45) is 4.29. The van der Waals surface area contributed by atoms with Crippen molar-refractivity contribution >= 4 is 5.96 Å². The molecule has 0 amide bonds. The molecule has 0 aromatic heterocycles. The Morgan fingerprint density at radius 2 is 2.07 bits per heavy atom. The molecule has 1 rings (SSSR count). The summed E-state index contributed by atoms with van der Waals surface area (Å²) in [5.74, 6) is -3.14. The van der Waals surface area contributed by atoms with Crippen LogP contribution in [0.4, 0.5) is 8.78 Å². The van der Waals surface area contributed by atoms with E-state index in [9.17, 15) is 8.78 Å². The van der Waals surface area contributed by atoms with E-state index in [1.54, 1.807) is 0 Å². The fraction of sp³-hybridized carbons (Fsp3) is 0.889. The van der Waals surface area contributed by atoms with Gasteiger partial charge in [0.25, 0.3) is 5.92 Å². The Morgan fingerprint density at radius 3 is 2.60 bits per heavy atom. The molecule has 0 bridgehead atoms. The van der Waals surface area contributed by atoms with Crippen LogP contribution >= 0.6 is 0 Å². The van der Waals surface area contributed by atoms with Crippen LogP contribution < -0.4 is 11.1 Å². The summed E-state index contributed by atoms with van der Waals surface area (Å²) >= 11 is 0. The maximum atomic E-state index is 12.6. The lowest BCUT2D eigenvalue weighted by atomic mass is 10.2. The number of aliphatic hydroxyl groups excluding tert-OH is 1. The number of nitrogens with zero attached hydrogens (tertiary/aromatic N) is 1. The van der Waals surface area contributed by atoms with E-state index in [0.29, 0.717) is 0 Å². The second-order valence-corrected chi connectivity index (χ2v) is 3.84. The number of alkyl halides is 2. The number of nitrogens with two attached hydrogens (primary N) is 1. The van der Waals surface area contributed by atoms with Crippen LogP contribution in [-0.2, 0) is 0 Å². The Bertz CT molecular complexity index is 227. The van der Waals surface area contributed by atoms with Gasteiger partial charge in [0, 0.05) is 6.04 Å². The third-order valence-corrected chi connectivity index (χ3v) is 2.42. The Hall–Kier alpha value is -0.910. The standard InChI is InChI=1S/C9H17F2N3O/c10-9(11,6-15)5-13-8(12)14-7-3-1-2-4-7/h7,15H,1-6H2,(H3,12,13,14). The molecule has 0 aliphatic heterocycles. The average molecular weight is 221 g/mol. The van der Waals surface area contributed by atoms with Gasteiger partial charge in [-0.2, -0.15) is 0 Å². The van der Waals surface area contributed by atoms with Crippen molar-refractivity contribution in [2.75, 3.05) is 13.2 Å². The molecule has 1 saturated carbocycles. The van der Waals surface area contributed by atoms with Gasteiger partial charge in [-0.05, 0) is 12.8 Å². The Balaban J connectivity index is 2.32. The molecule has 0 saturated heterocycles. The first-order chi connectivity index (χ1) is 7.03. The maximum Gasteiger partial charge on any atom is 0.289 e. The molecule has 0 spiro atoms. The second kappa shape index (κ2) is 5.25. The van der Waals surface area contributed by atoms with Gasteiger partial charge >= 0.3 is 0 Å². The number of hydrogen-bond acceptors (Lipinski definition) is 2. The summed E-state index contributed by atoms with van der Waals surface area (Å²) < 4.78 is 25.2. The first kappa shape index (κ1) is 12.2. The van der Waals surface area contributed by atoms with Gasteiger partial charge in [-0.1, -0.05) is 12.8 Å². The van der Waals surface area contributed by atoms with Crippen molar-refractivity contribution in [2.45, 2.75) is 37.6 Å². The zero-order valence-electron chi connectivity index (χ0n) is 8.55. The van der Waals surface area contributed by atoms with E-state index >= 15 is 0 Å². The second-order valence-electron chi connectivity index (χ2n) is 3.84. The van der Waals surface area contributed by atoms with Crippen LogP contribution in [-0.4, -0.2) is 36.2 Å². The number of aliphatic imine (C=N–C) groups is 1. The SMILES string of the molecule is NC(=NCC(F)(F)CO)NC1CCCC1. The highest BCUT2D eigenvalue weighted by Gasteiger charge is 2.27. The van der Waals surface area contributed by atoms with Crippen molar-refractivity contribution < 1.29 is 13.9 Å². The van der Waals surface area contributed by atoms with Crippen LogP contribution in [0.3, 0.4) is 0 Å². The summed E-state index contributed by atoms with van der Waals surface area (Å²) in [4.78, 5) is 3.50. The fourth-order valence-corrected chi connectivity index (χ4v) is 1.58. The normalized spacial score (nSPS) is 19.5. The highest BCUT2D eigenvalue weighted by molar-refractivity contribution is 5.78. The van der Waals surface area contributed by atoms with Gasteiger partial charge in [0.1, 0.15) is 13.2 Å². The van der Waals surface area contributed by atoms with Gasteiger partial charge in [-0.25, -0.2) is 13.8 Å². The largest absolute Gasteiger partial charge is 0.390 e. The smallest absolute Gasteiger partial charge is 0.289 e. The molecule has 0 aromatic carbocycles. The van der Waals surface area contributed by atoms with E-state index in [2.05, 4.69) is 10.3 Å². The quantitative estimate of drug-likeness (QED) is 0.477. The lowest BCUT2D eigenvalue weighted by Crippen LogP contribution is -2.39. The minimum absolute atomic E-state index is 0.0371. The van der Waals surface area contributed by atoms with E-state index in [1.165, 1.54) is 0 Å². The minimum atomic E-state index is -3.18. The van der Waals surface area contributed by atoms with Crippen molar-refractivity contribution in [3.05, 3.63) is 0 Å². The molecule has 0 unspecified atom stereocenters. The summed E-state index contributed by atoms with van der Waals surface area (Å²) in [5.41, 5.74) is 5.44. The zero-order valence-corrected chi connectivity index (χ0v) is 8.55. The molecule has 6 heteroatoms. The molecule has 4 N–H and O–H groups in total. The van der Waals surface area contributed by atoms with E-state index in [1.807, 2.05) is 0 Å². The number of guanidine groups is 1. The fourth-order valence-electron chi connectivity index (χ4n) is 1.58. The Labute approximate surface area is 87.6 Å². The number of nitrogens with one attached hydrogen (secondary N) is 1. The summed E-state index contributed by atoms with van der Waals surface area (Å²) in [6, 6.07) is 0.261. The highest BCUT2D eigenvalue weighted by Crippen LogP contribution is 2.17. The van der Waals surface area contributed by atoms with Gasteiger partial charge in [0.15, 0.2) is 5.96 Å². The predicted molar refractivity (Wildman–Crippen MR) is 53.9 cm³/mol. The van der Waals surface area contributed by atoms with Gasteiger partial charge in [0.05, 0.1) is 0 Å². The maximum absolute atomic E-state index is 12.6. The van der Waals surface area contributed by atoms with Crippen molar-refractivity contribution in [3.63, 3.8) is 0 Å². The minimum Gasteiger partial charge on any atom is -0.390 e. The van der Waals surface area contributed by atoms with Gasteiger partial charge < -0.3 is 16.2 Å². The highest BCUT2D eigenvalue weighted by atomic mass is 19.3. The first-order valence-electron chi connectivity index (χ1n) is 5.08. The van der Waals surface area contributed by atoms with Crippen molar-refractivity contribution in [1.29, 1.82) is 0 Å². The lowest BCUT2D eigenvalue weighted by molar-refractivity contribution is -0.0404. The average Bonchev–Trinajstić information content (AvgIpc) is 2.68. The number of aliphatic hydroxyl groups is 1. The molecule has 1 aliphatic rings. The summed E-state index contributed by atoms with van der Waals surface area (Å²) in [6.45, 7) is -1.97. The van der Waals surface area contributed by atoms with E-state index in [-0.39, 0.29) is 12.0 Å². The first-order valence-corrected chi connectivity index (χ1v) is 5.08. The number of halogens is 2. The predicted octanol–water partition coefficient (Wildman–Crippen LogP) is 0.461. The van der Waals surface area contributed by atoms with Crippen LogP contribution in [0, 0.1) is 0 Å². The molecule has 4 nitrogen and oxygen atoms in total. The van der Waals surface area contributed by atoms with Gasteiger partial charge in [-0.3, -0.25) is 0 Å².